The van der Waals surface area contributed by atoms with Gasteiger partial charge in [-0.1, -0.05) is 30.0 Å². The van der Waals surface area contributed by atoms with Gasteiger partial charge in [-0.25, -0.2) is 9.97 Å². The van der Waals surface area contributed by atoms with Gasteiger partial charge in [-0.3, -0.25) is 0 Å². The average Bonchev–Trinajstić information content (AvgIpc) is 2.27. The first kappa shape index (κ1) is 11.2. The highest BCUT2D eigenvalue weighted by molar-refractivity contribution is 7.99. The lowest BCUT2D eigenvalue weighted by Crippen LogP contribution is -1.94. The van der Waals surface area contributed by atoms with Gasteiger partial charge in [-0.15, -0.1) is 0 Å². The van der Waals surface area contributed by atoms with Crippen LogP contribution >= 0.6 is 23.4 Å². The molecule has 0 fully saturated rings. The molecule has 0 atom stereocenters. The minimum atomic E-state index is 0.213. The molecule has 0 aliphatic heterocycles. The predicted molar refractivity (Wildman–Crippen MR) is 66.8 cm³/mol. The Morgan fingerprint density at radius 3 is 2.81 bits per heavy atom. The summed E-state index contributed by atoms with van der Waals surface area (Å²) in [5.74, 6) is 0. The van der Waals surface area contributed by atoms with Crippen molar-refractivity contribution >= 4 is 29.1 Å². The standard InChI is InChI=1S/C11H10ClN3S/c1-7-4-2-3-5-9(7)16-10-8(13)6-14-11(12)15-10/h2-6H,13H2,1H3. The number of rotatable bonds is 2. The molecule has 1 aromatic carbocycles. The summed E-state index contributed by atoms with van der Waals surface area (Å²) >= 11 is 7.23. The van der Waals surface area contributed by atoms with Gasteiger partial charge in [0.25, 0.3) is 0 Å². The van der Waals surface area contributed by atoms with E-state index in [-0.39, 0.29) is 5.28 Å². The van der Waals surface area contributed by atoms with Crippen LogP contribution in [0.4, 0.5) is 5.69 Å². The van der Waals surface area contributed by atoms with Gasteiger partial charge >= 0.3 is 0 Å². The van der Waals surface area contributed by atoms with Gasteiger partial charge < -0.3 is 5.73 Å². The molecule has 16 heavy (non-hydrogen) atoms. The van der Waals surface area contributed by atoms with E-state index >= 15 is 0 Å². The van der Waals surface area contributed by atoms with E-state index in [1.165, 1.54) is 23.5 Å². The van der Waals surface area contributed by atoms with Gasteiger partial charge in [-0.05, 0) is 30.2 Å². The topological polar surface area (TPSA) is 51.8 Å². The number of aryl methyl sites for hydroxylation is 1. The minimum Gasteiger partial charge on any atom is -0.395 e. The molecule has 2 aromatic rings. The molecule has 0 aliphatic rings. The molecule has 0 saturated heterocycles. The molecule has 5 heteroatoms. The van der Waals surface area contributed by atoms with Crippen LogP contribution in [0.25, 0.3) is 0 Å². The monoisotopic (exact) mass is 251 g/mol. The normalized spacial score (nSPS) is 10.4. The number of hydrogen-bond donors (Lipinski definition) is 1. The SMILES string of the molecule is Cc1ccccc1Sc1nc(Cl)ncc1N. The fourth-order valence-electron chi connectivity index (χ4n) is 1.21. The van der Waals surface area contributed by atoms with E-state index in [4.69, 9.17) is 17.3 Å². The van der Waals surface area contributed by atoms with Crippen LogP contribution in [0.5, 0.6) is 0 Å². The van der Waals surface area contributed by atoms with Crippen LogP contribution in [0.1, 0.15) is 5.56 Å². The highest BCUT2D eigenvalue weighted by Crippen LogP contribution is 2.32. The zero-order valence-electron chi connectivity index (χ0n) is 8.64. The van der Waals surface area contributed by atoms with Crippen LogP contribution in [0.3, 0.4) is 0 Å². The van der Waals surface area contributed by atoms with Gasteiger partial charge in [0.15, 0.2) is 0 Å². The highest BCUT2D eigenvalue weighted by Gasteiger charge is 2.06. The molecule has 3 nitrogen and oxygen atoms in total. The van der Waals surface area contributed by atoms with Crippen LogP contribution in [-0.4, -0.2) is 9.97 Å². The van der Waals surface area contributed by atoms with Crippen LogP contribution < -0.4 is 5.73 Å². The summed E-state index contributed by atoms with van der Waals surface area (Å²) < 4.78 is 0. The molecule has 0 spiro atoms. The van der Waals surface area contributed by atoms with Gasteiger partial charge in [0.1, 0.15) is 5.03 Å². The van der Waals surface area contributed by atoms with Crippen LogP contribution in [-0.2, 0) is 0 Å². The van der Waals surface area contributed by atoms with Crippen molar-refractivity contribution in [3.05, 3.63) is 41.3 Å². The van der Waals surface area contributed by atoms with E-state index in [9.17, 15) is 0 Å². The Bertz CT molecular complexity index is 516. The molecule has 0 unspecified atom stereocenters. The predicted octanol–water partition coefficient (Wildman–Crippen LogP) is 3.17. The fourth-order valence-corrected chi connectivity index (χ4v) is 2.28. The summed E-state index contributed by atoms with van der Waals surface area (Å²) in [4.78, 5) is 9.04. The van der Waals surface area contributed by atoms with Crippen molar-refractivity contribution in [1.29, 1.82) is 0 Å². The zero-order valence-corrected chi connectivity index (χ0v) is 10.2. The van der Waals surface area contributed by atoms with Crippen molar-refractivity contribution in [2.75, 3.05) is 5.73 Å². The number of hydrogen-bond acceptors (Lipinski definition) is 4. The minimum absolute atomic E-state index is 0.213. The zero-order chi connectivity index (χ0) is 11.5. The Morgan fingerprint density at radius 2 is 2.06 bits per heavy atom. The Balaban J connectivity index is 2.34. The quantitative estimate of drug-likeness (QED) is 0.658. The lowest BCUT2D eigenvalue weighted by atomic mass is 10.2. The van der Waals surface area contributed by atoms with E-state index in [2.05, 4.69) is 9.97 Å². The Hall–Kier alpha value is -1.26. The number of nitrogens with zero attached hydrogens (tertiary/aromatic N) is 2. The Labute approximate surface area is 103 Å². The van der Waals surface area contributed by atoms with Crippen molar-refractivity contribution in [3.8, 4) is 0 Å². The molecule has 82 valence electrons. The van der Waals surface area contributed by atoms with Crippen molar-refractivity contribution in [3.63, 3.8) is 0 Å². The summed E-state index contributed by atoms with van der Waals surface area (Å²) in [6.07, 6.45) is 1.52. The summed E-state index contributed by atoms with van der Waals surface area (Å²) in [5.41, 5.74) is 7.50. The first-order chi connectivity index (χ1) is 7.66. The van der Waals surface area contributed by atoms with E-state index in [0.717, 1.165) is 4.90 Å². The van der Waals surface area contributed by atoms with Crippen LogP contribution in [0.2, 0.25) is 5.28 Å². The summed E-state index contributed by atoms with van der Waals surface area (Å²) in [5, 5.41) is 0.902. The molecule has 1 heterocycles. The maximum Gasteiger partial charge on any atom is 0.223 e. The van der Waals surface area contributed by atoms with Crippen molar-refractivity contribution in [2.45, 2.75) is 16.8 Å². The number of benzene rings is 1. The van der Waals surface area contributed by atoms with Crippen molar-refractivity contribution in [1.82, 2.24) is 9.97 Å². The molecule has 0 radical (unpaired) electrons. The van der Waals surface area contributed by atoms with E-state index in [0.29, 0.717) is 10.7 Å². The third-order valence-electron chi connectivity index (χ3n) is 2.05. The molecule has 1 aromatic heterocycles. The molecular formula is C11H10ClN3S. The third kappa shape index (κ3) is 2.46. The number of nitrogen functional groups attached to an aromatic ring is 1. The molecule has 0 aliphatic carbocycles. The fraction of sp³-hybridized carbons (Fsp3) is 0.0909. The molecule has 2 rings (SSSR count). The Kier molecular flexibility index (Phi) is 3.31. The summed E-state index contributed by atoms with van der Waals surface area (Å²) in [7, 11) is 0. The first-order valence-corrected chi connectivity index (χ1v) is 5.88. The van der Waals surface area contributed by atoms with E-state index < -0.39 is 0 Å². The van der Waals surface area contributed by atoms with Crippen LogP contribution in [0, 0.1) is 6.92 Å². The molecule has 0 amide bonds. The molecule has 2 N–H and O–H groups in total. The van der Waals surface area contributed by atoms with E-state index in [1.807, 2.05) is 31.2 Å². The van der Waals surface area contributed by atoms with Gasteiger partial charge in [-0.2, -0.15) is 0 Å². The van der Waals surface area contributed by atoms with Gasteiger partial charge in [0.2, 0.25) is 5.28 Å². The van der Waals surface area contributed by atoms with Gasteiger partial charge in [0, 0.05) is 4.90 Å². The lowest BCUT2D eigenvalue weighted by molar-refractivity contribution is 1.05. The third-order valence-corrected chi connectivity index (χ3v) is 3.43. The second-order valence-corrected chi connectivity index (χ2v) is 4.64. The molecular weight excluding hydrogens is 242 g/mol. The highest BCUT2D eigenvalue weighted by atomic mass is 35.5. The molecule has 0 bridgehead atoms. The molecule has 0 saturated carbocycles. The average molecular weight is 252 g/mol. The number of aromatic nitrogens is 2. The smallest absolute Gasteiger partial charge is 0.223 e. The second-order valence-electron chi connectivity index (χ2n) is 3.27. The first-order valence-electron chi connectivity index (χ1n) is 4.68. The second kappa shape index (κ2) is 4.72. The maximum atomic E-state index is 5.78. The summed E-state index contributed by atoms with van der Waals surface area (Å²) in [6.45, 7) is 2.04. The number of anilines is 1. The Morgan fingerprint density at radius 1 is 1.31 bits per heavy atom. The van der Waals surface area contributed by atoms with Gasteiger partial charge in [0.05, 0.1) is 11.9 Å². The lowest BCUT2D eigenvalue weighted by Gasteiger charge is -2.06. The van der Waals surface area contributed by atoms with Crippen LogP contribution in [0.15, 0.2) is 40.4 Å². The van der Waals surface area contributed by atoms with Crippen molar-refractivity contribution in [2.24, 2.45) is 0 Å². The largest absolute Gasteiger partial charge is 0.395 e. The summed E-state index contributed by atoms with van der Waals surface area (Å²) in [6, 6.07) is 8.04. The number of nitrogens with two attached hydrogens (primary N) is 1. The maximum absolute atomic E-state index is 5.78. The van der Waals surface area contributed by atoms with Crippen molar-refractivity contribution < 1.29 is 0 Å². The van der Waals surface area contributed by atoms with E-state index in [1.54, 1.807) is 0 Å². The number of halogens is 1.